The average Bonchev–Trinajstić information content (AvgIpc) is 2.90. The van der Waals surface area contributed by atoms with E-state index in [0.29, 0.717) is 5.92 Å². The molecule has 2 nitrogen and oxygen atoms in total. The first-order valence-electron chi connectivity index (χ1n) is 5.51. The van der Waals surface area contributed by atoms with Gasteiger partial charge in [-0.05, 0) is 43.0 Å². The molecule has 80 valence electrons. The highest BCUT2D eigenvalue weighted by Gasteiger charge is 2.07. The summed E-state index contributed by atoms with van der Waals surface area (Å²) in [6.07, 6.45) is 9.33. The molecule has 2 heterocycles. The third-order valence-electron chi connectivity index (χ3n) is 2.79. The number of aromatic amines is 1. The largest absolute Gasteiger partial charge is 0.469 e. The Kier molecular flexibility index (Phi) is 3.28. The molecule has 15 heavy (non-hydrogen) atoms. The fraction of sp³-hybridized carbons (Fsp3) is 0.385. The molecule has 2 heteroatoms. The number of nitrogens with one attached hydrogen (secondary N) is 1. The Labute approximate surface area is 90.3 Å². The highest BCUT2D eigenvalue weighted by Crippen LogP contribution is 2.21. The van der Waals surface area contributed by atoms with Gasteiger partial charge in [-0.3, -0.25) is 0 Å². The van der Waals surface area contributed by atoms with Crippen molar-refractivity contribution in [2.75, 3.05) is 0 Å². The molecule has 2 aromatic heterocycles. The summed E-state index contributed by atoms with van der Waals surface area (Å²) >= 11 is 0. The van der Waals surface area contributed by atoms with Crippen molar-refractivity contribution in [2.24, 2.45) is 0 Å². The molecule has 0 radical (unpaired) electrons. The molecule has 0 saturated heterocycles. The number of aryl methyl sites for hydroxylation is 1. The molecule has 1 unspecified atom stereocenters. The van der Waals surface area contributed by atoms with Crippen molar-refractivity contribution < 1.29 is 4.42 Å². The van der Waals surface area contributed by atoms with Crippen molar-refractivity contribution in [1.82, 2.24) is 4.98 Å². The average molecular weight is 203 g/mol. The van der Waals surface area contributed by atoms with Gasteiger partial charge in [0.2, 0.25) is 0 Å². The molecule has 0 saturated carbocycles. The standard InChI is InChI=1S/C13H17NO/c1-11(13-6-3-9-15-13)4-2-5-12-7-8-14-10-12/h3,6-11,14H,2,4-5H2,1H3. The van der Waals surface area contributed by atoms with E-state index in [-0.39, 0.29) is 0 Å². The number of furan rings is 1. The molecule has 2 aromatic rings. The van der Waals surface area contributed by atoms with E-state index in [4.69, 9.17) is 4.42 Å². The summed E-state index contributed by atoms with van der Waals surface area (Å²) in [5, 5.41) is 0. The van der Waals surface area contributed by atoms with Gasteiger partial charge < -0.3 is 9.40 Å². The lowest BCUT2D eigenvalue weighted by molar-refractivity contribution is 0.455. The number of aromatic nitrogens is 1. The summed E-state index contributed by atoms with van der Waals surface area (Å²) in [5.74, 6) is 1.63. The number of H-pyrrole nitrogens is 1. The smallest absolute Gasteiger partial charge is 0.106 e. The molecule has 0 amide bonds. The van der Waals surface area contributed by atoms with Gasteiger partial charge in [0.15, 0.2) is 0 Å². The van der Waals surface area contributed by atoms with Crippen molar-refractivity contribution in [2.45, 2.75) is 32.1 Å². The molecule has 0 aromatic carbocycles. The topological polar surface area (TPSA) is 28.9 Å². The first-order chi connectivity index (χ1) is 7.36. The van der Waals surface area contributed by atoms with Crippen LogP contribution in [-0.4, -0.2) is 4.98 Å². The Balaban J connectivity index is 1.74. The van der Waals surface area contributed by atoms with Gasteiger partial charge in [0.1, 0.15) is 5.76 Å². The predicted molar refractivity (Wildman–Crippen MR) is 60.9 cm³/mol. The van der Waals surface area contributed by atoms with E-state index in [0.717, 1.165) is 12.2 Å². The van der Waals surface area contributed by atoms with Crippen molar-refractivity contribution in [1.29, 1.82) is 0 Å². The zero-order valence-corrected chi connectivity index (χ0v) is 9.07. The summed E-state index contributed by atoms with van der Waals surface area (Å²) in [5.41, 5.74) is 1.39. The number of hydrogen-bond acceptors (Lipinski definition) is 1. The summed E-state index contributed by atoms with van der Waals surface area (Å²) in [6, 6.07) is 6.15. The van der Waals surface area contributed by atoms with Crippen LogP contribution < -0.4 is 0 Å². The Morgan fingerprint density at radius 1 is 1.40 bits per heavy atom. The molecule has 0 fully saturated rings. The van der Waals surface area contributed by atoms with Gasteiger partial charge in [-0.2, -0.15) is 0 Å². The SMILES string of the molecule is CC(CCCc1cc[nH]c1)c1ccco1. The van der Waals surface area contributed by atoms with Crippen LogP contribution in [0, 0.1) is 0 Å². The zero-order valence-electron chi connectivity index (χ0n) is 9.07. The van der Waals surface area contributed by atoms with Gasteiger partial charge in [-0.1, -0.05) is 6.92 Å². The first-order valence-corrected chi connectivity index (χ1v) is 5.51. The summed E-state index contributed by atoms with van der Waals surface area (Å²) in [4.78, 5) is 3.08. The van der Waals surface area contributed by atoms with Crippen molar-refractivity contribution in [3.05, 3.63) is 48.2 Å². The minimum atomic E-state index is 0.527. The van der Waals surface area contributed by atoms with Gasteiger partial charge in [-0.25, -0.2) is 0 Å². The molecule has 2 rings (SSSR count). The van der Waals surface area contributed by atoms with E-state index in [1.165, 1.54) is 18.4 Å². The van der Waals surface area contributed by atoms with Crippen LogP contribution in [0.1, 0.15) is 37.0 Å². The third kappa shape index (κ3) is 2.75. The quantitative estimate of drug-likeness (QED) is 0.788. The molecular formula is C13H17NO. The molecule has 0 spiro atoms. The lowest BCUT2D eigenvalue weighted by atomic mass is 10.0. The minimum absolute atomic E-state index is 0.527. The minimum Gasteiger partial charge on any atom is -0.469 e. The summed E-state index contributed by atoms with van der Waals surface area (Å²) in [7, 11) is 0. The monoisotopic (exact) mass is 203 g/mol. The Bertz CT molecular complexity index is 361. The second-order valence-corrected chi connectivity index (χ2v) is 4.03. The summed E-state index contributed by atoms with van der Waals surface area (Å²) in [6.45, 7) is 2.22. The van der Waals surface area contributed by atoms with E-state index in [1.54, 1.807) is 6.26 Å². The molecule has 0 bridgehead atoms. The molecular weight excluding hydrogens is 186 g/mol. The van der Waals surface area contributed by atoms with Crippen LogP contribution in [0.15, 0.2) is 41.3 Å². The second kappa shape index (κ2) is 4.87. The predicted octanol–water partition coefficient (Wildman–Crippen LogP) is 3.73. The van der Waals surface area contributed by atoms with Crippen LogP contribution in [0.4, 0.5) is 0 Å². The van der Waals surface area contributed by atoms with E-state index < -0.39 is 0 Å². The second-order valence-electron chi connectivity index (χ2n) is 4.03. The summed E-state index contributed by atoms with van der Waals surface area (Å²) < 4.78 is 5.38. The first kappa shape index (κ1) is 10.1. The zero-order chi connectivity index (χ0) is 10.5. The fourth-order valence-electron chi connectivity index (χ4n) is 1.84. The van der Waals surface area contributed by atoms with Crippen LogP contribution in [0.25, 0.3) is 0 Å². The maximum Gasteiger partial charge on any atom is 0.106 e. The van der Waals surface area contributed by atoms with Crippen molar-refractivity contribution >= 4 is 0 Å². The maximum atomic E-state index is 5.38. The van der Waals surface area contributed by atoms with Gasteiger partial charge in [0.25, 0.3) is 0 Å². The molecule has 0 aliphatic heterocycles. The number of rotatable bonds is 5. The van der Waals surface area contributed by atoms with Gasteiger partial charge in [-0.15, -0.1) is 0 Å². The molecule has 0 aliphatic carbocycles. The Morgan fingerprint density at radius 2 is 2.33 bits per heavy atom. The van der Waals surface area contributed by atoms with E-state index in [2.05, 4.69) is 30.2 Å². The molecule has 1 N–H and O–H groups in total. The van der Waals surface area contributed by atoms with Gasteiger partial charge in [0.05, 0.1) is 6.26 Å². The van der Waals surface area contributed by atoms with Crippen LogP contribution in [0.2, 0.25) is 0 Å². The van der Waals surface area contributed by atoms with Crippen molar-refractivity contribution in [3.8, 4) is 0 Å². The van der Waals surface area contributed by atoms with Crippen molar-refractivity contribution in [3.63, 3.8) is 0 Å². The lowest BCUT2D eigenvalue weighted by Gasteiger charge is -2.07. The maximum absolute atomic E-state index is 5.38. The van der Waals surface area contributed by atoms with Crippen LogP contribution in [-0.2, 0) is 6.42 Å². The third-order valence-corrected chi connectivity index (χ3v) is 2.79. The van der Waals surface area contributed by atoms with E-state index >= 15 is 0 Å². The molecule has 1 atom stereocenters. The highest BCUT2D eigenvalue weighted by atomic mass is 16.3. The van der Waals surface area contributed by atoms with Crippen LogP contribution >= 0.6 is 0 Å². The lowest BCUT2D eigenvalue weighted by Crippen LogP contribution is -1.93. The molecule has 0 aliphatic rings. The van der Waals surface area contributed by atoms with Crippen LogP contribution in [0.5, 0.6) is 0 Å². The van der Waals surface area contributed by atoms with Gasteiger partial charge in [0, 0.05) is 18.3 Å². The Hall–Kier alpha value is -1.44. The fourth-order valence-corrected chi connectivity index (χ4v) is 1.84. The van der Waals surface area contributed by atoms with E-state index in [9.17, 15) is 0 Å². The number of hydrogen-bond donors (Lipinski definition) is 1. The Morgan fingerprint density at radius 3 is 3.00 bits per heavy atom. The van der Waals surface area contributed by atoms with Crippen LogP contribution in [0.3, 0.4) is 0 Å². The highest BCUT2D eigenvalue weighted by molar-refractivity contribution is 5.08. The normalized spacial score (nSPS) is 12.9. The van der Waals surface area contributed by atoms with E-state index in [1.807, 2.05) is 12.3 Å². The van der Waals surface area contributed by atoms with Gasteiger partial charge >= 0.3 is 0 Å².